The molecule has 1 heterocycles. The molecule has 0 unspecified atom stereocenters. The smallest absolute Gasteiger partial charge is 0.164 e. The summed E-state index contributed by atoms with van der Waals surface area (Å²) in [5, 5.41) is 0.647. The lowest BCUT2D eigenvalue weighted by molar-refractivity contribution is 0.622. The van der Waals surface area contributed by atoms with Crippen LogP contribution in [0, 0.1) is 11.6 Å². The highest BCUT2D eigenvalue weighted by Gasteiger charge is 2.13. The minimum Gasteiger partial charge on any atom is -0.228 e. The fourth-order valence-electron chi connectivity index (χ4n) is 1.85. The summed E-state index contributed by atoms with van der Waals surface area (Å²) in [6.07, 6.45) is 0. The zero-order chi connectivity index (χ0) is 14.3. The molecule has 0 aliphatic carbocycles. The summed E-state index contributed by atoms with van der Waals surface area (Å²) in [6.45, 7) is 0. The van der Waals surface area contributed by atoms with Gasteiger partial charge < -0.3 is 0 Å². The van der Waals surface area contributed by atoms with Crippen LogP contribution in [0.25, 0.3) is 22.3 Å². The van der Waals surface area contributed by atoms with Crippen LogP contribution in [0.5, 0.6) is 0 Å². The van der Waals surface area contributed by atoms with E-state index in [1.807, 2.05) is 0 Å². The van der Waals surface area contributed by atoms with Gasteiger partial charge in [-0.1, -0.05) is 23.7 Å². The third kappa shape index (κ3) is 2.27. The van der Waals surface area contributed by atoms with Crippen LogP contribution < -0.4 is 0 Å². The van der Waals surface area contributed by atoms with E-state index in [-0.39, 0.29) is 21.0 Å². The third-order valence-corrected chi connectivity index (χ3v) is 3.70. The highest BCUT2D eigenvalue weighted by Crippen LogP contribution is 2.29. The first-order chi connectivity index (χ1) is 9.56. The second-order valence-corrected chi connectivity index (χ2v) is 5.31. The summed E-state index contributed by atoms with van der Waals surface area (Å²) in [4.78, 5) is 8.25. The Morgan fingerprint density at radius 2 is 1.75 bits per heavy atom. The van der Waals surface area contributed by atoms with E-state index >= 15 is 0 Å². The highest BCUT2D eigenvalue weighted by atomic mass is 79.9. The second-order valence-electron chi connectivity index (χ2n) is 4.10. The summed E-state index contributed by atoms with van der Waals surface area (Å²) >= 11 is 9.15. The van der Waals surface area contributed by atoms with Crippen LogP contribution in [-0.4, -0.2) is 9.97 Å². The van der Waals surface area contributed by atoms with Crippen LogP contribution >= 0.6 is 27.5 Å². The van der Waals surface area contributed by atoms with E-state index in [0.717, 1.165) is 0 Å². The minimum atomic E-state index is -0.466. The fourth-order valence-corrected chi connectivity index (χ4v) is 2.42. The van der Waals surface area contributed by atoms with Crippen molar-refractivity contribution in [1.29, 1.82) is 0 Å². The molecule has 1 aromatic heterocycles. The molecule has 2 aromatic carbocycles. The van der Waals surface area contributed by atoms with Gasteiger partial charge >= 0.3 is 0 Å². The maximum atomic E-state index is 13.7. The number of halogens is 4. The van der Waals surface area contributed by atoms with Gasteiger partial charge in [0.25, 0.3) is 0 Å². The van der Waals surface area contributed by atoms with Gasteiger partial charge in [0.2, 0.25) is 0 Å². The van der Waals surface area contributed by atoms with Gasteiger partial charge in [-0.05, 0) is 34.1 Å². The Morgan fingerprint density at radius 3 is 2.50 bits per heavy atom. The van der Waals surface area contributed by atoms with Crippen LogP contribution in [0.2, 0.25) is 5.15 Å². The monoisotopic (exact) mass is 354 g/mol. The number of aromatic nitrogens is 2. The lowest BCUT2D eigenvalue weighted by Crippen LogP contribution is -1.95. The molecule has 0 fully saturated rings. The lowest BCUT2D eigenvalue weighted by atomic mass is 10.2. The van der Waals surface area contributed by atoms with Crippen molar-refractivity contribution in [1.82, 2.24) is 9.97 Å². The molecule has 3 aromatic rings. The zero-order valence-corrected chi connectivity index (χ0v) is 12.2. The average molecular weight is 356 g/mol. The molecule has 20 heavy (non-hydrogen) atoms. The van der Waals surface area contributed by atoms with Gasteiger partial charge in [0.15, 0.2) is 5.82 Å². The van der Waals surface area contributed by atoms with Gasteiger partial charge in [-0.25, -0.2) is 18.7 Å². The van der Waals surface area contributed by atoms with Crippen molar-refractivity contribution >= 4 is 38.4 Å². The quantitative estimate of drug-likeness (QED) is 0.575. The van der Waals surface area contributed by atoms with Crippen LogP contribution in [0.1, 0.15) is 0 Å². The van der Waals surface area contributed by atoms with Gasteiger partial charge in [-0.3, -0.25) is 0 Å². The molecule has 0 bridgehead atoms. The number of hydrogen-bond acceptors (Lipinski definition) is 2. The van der Waals surface area contributed by atoms with Crippen molar-refractivity contribution in [3.05, 3.63) is 57.7 Å². The molecular formula is C14H6BrClF2N2. The van der Waals surface area contributed by atoms with Crippen LogP contribution in [0.15, 0.2) is 40.9 Å². The topological polar surface area (TPSA) is 25.8 Å². The molecule has 0 N–H and O–H groups in total. The standard InChI is InChI=1S/C14H6BrClF2N2/c15-9-5-8-12(6-11(9)18)19-14(20-13(8)16)7-3-1-2-4-10(7)17/h1-6H. The number of nitrogens with zero attached hydrogens (tertiary/aromatic N) is 2. The summed E-state index contributed by atoms with van der Waals surface area (Å²) in [5.41, 5.74) is 0.545. The van der Waals surface area contributed by atoms with E-state index in [2.05, 4.69) is 25.9 Å². The molecule has 0 aliphatic rings. The Labute approximate surface area is 126 Å². The normalized spacial score (nSPS) is 11.0. The van der Waals surface area contributed by atoms with E-state index in [4.69, 9.17) is 11.6 Å². The highest BCUT2D eigenvalue weighted by molar-refractivity contribution is 9.10. The summed E-state index contributed by atoms with van der Waals surface area (Å²) in [7, 11) is 0. The Kier molecular flexibility index (Phi) is 3.40. The predicted octanol–water partition coefficient (Wildman–Crippen LogP) is 4.99. The average Bonchev–Trinajstić information content (AvgIpc) is 2.41. The Morgan fingerprint density at radius 1 is 1.00 bits per heavy atom. The molecule has 0 spiro atoms. The molecule has 2 nitrogen and oxygen atoms in total. The largest absolute Gasteiger partial charge is 0.228 e. The molecule has 3 rings (SSSR count). The van der Waals surface area contributed by atoms with Crippen LogP contribution in [0.3, 0.4) is 0 Å². The molecule has 6 heteroatoms. The van der Waals surface area contributed by atoms with Crippen molar-refractivity contribution < 1.29 is 8.78 Å². The van der Waals surface area contributed by atoms with Crippen LogP contribution in [0.4, 0.5) is 8.78 Å². The number of fused-ring (bicyclic) bond motifs is 1. The molecular weight excluding hydrogens is 350 g/mol. The first-order valence-electron chi connectivity index (χ1n) is 5.63. The maximum absolute atomic E-state index is 13.7. The first-order valence-corrected chi connectivity index (χ1v) is 6.80. The first kappa shape index (κ1) is 13.4. The number of benzene rings is 2. The van der Waals surface area contributed by atoms with Crippen molar-refractivity contribution in [2.45, 2.75) is 0 Å². The van der Waals surface area contributed by atoms with Gasteiger partial charge in [0, 0.05) is 11.5 Å². The third-order valence-electron chi connectivity index (χ3n) is 2.81. The van der Waals surface area contributed by atoms with Crippen molar-refractivity contribution in [3.8, 4) is 11.4 Å². The number of hydrogen-bond donors (Lipinski definition) is 0. The molecule has 0 saturated carbocycles. The van der Waals surface area contributed by atoms with E-state index in [9.17, 15) is 8.78 Å². The minimum absolute atomic E-state index is 0.127. The van der Waals surface area contributed by atoms with Crippen LogP contribution in [-0.2, 0) is 0 Å². The van der Waals surface area contributed by atoms with Gasteiger partial charge in [0.05, 0.1) is 15.6 Å². The van der Waals surface area contributed by atoms with E-state index < -0.39 is 11.6 Å². The van der Waals surface area contributed by atoms with E-state index in [0.29, 0.717) is 10.9 Å². The van der Waals surface area contributed by atoms with Gasteiger partial charge in [-0.15, -0.1) is 0 Å². The summed E-state index contributed by atoms with van der Waals surface area (Å²) in [5.74, 6) is -0.797. The molecule has 100 valence electrons. The molecule has 0 aliphatic heterocycles. The maximum Gasteiger partial charge on any atom is 0.164 e. The molecule has 0 radical (unpaired) electrons. The summed E-state index contributed by atoms with van der Waals surface area (Å²) < 4.78 is 27.6. The van der Waals surface area contributed by atoms with Crippen molar-refractivity contribution in [2.75, 3.05) is 0 Å². The second kappa shape index (κ2) is 5.07. The van der Waals surface area contributed by atoms with Gasteiger partial charge in [-0.2, -0.15) is 0 Å². The fraction of sp³-hybridized carbons (Fsp3) is 0. The Bertz CT molecular complexity index is 824. The molecule has 0 atom stereocenters. The van der Waals surface area contributed by atoms with Gasteiger partial charge in [0.1, 0.15) is 16.8 Å². The zero-order valence-electron chi connectivity index (χ0n) is 9.87. The molecule has 0 amide bonds. The molecule has 0 saturated heterocycles. The SMILES string of the molecule is Fc1cc2nc(-c3ccccc3F)nc(Cl)c2cc1Br. The predicted molar refractivity (Wildman–Crippen MR) is 77.6 cm³/mol. The Balaban J connectivity index is 2.30. The summed E-state index contributed by atoms with van der Waals surface area (Å²) in [6, 6.07) is 8.82. The van der Waals surface area contributed by atoms with Crippen molar-refractivity contribution in [3.63, 3.8) is 0 Å². The van der Waals surface area contributed by atoms with E-state index in [1.165, 1.54) is 18.2 Å². The Hall–Kier alpha value is -1.59. The van der Waals surface area contributed by atoms with Crippen molar-refractivity contribution in [2.24, 2.45) is 0 Å². The van der Waals surface area contributed by atoms with E-state index in [1.54, 1.807) is 18.2 Å². The number of rotatable bonds is 1. The lowest BCUT2D eigenvalue weighted by Gasteiger charge is -2.06.